The fourth-order valence-electron chi connectivity index (χ4n) is 0.983. The second-order valence-corrected chi connectivity index (χ2v) is 2.58. The highest BCUT2D eigenvalue weighted by Crippen LogP contribution is 1.96. The van der Waals surface area contributed by atoms with Gasteiger partial charge in [-0.1, -0.05) is 0 Å². The van der Waals surface area contributed by atoms with E-state index in [1.54, 1.807) is 13.2 Å². The molecule has 68 valence electrons. The molecule has 1 aliphatic rings. The summed E-state index contributed by atoms with van der Waals surface area (Å²) in [4.78, 5) is 12.9. The third kappa shape index (κ3) is 2.92. The number of ether oxygens (including phenoxy) is 1. The van der Waals surface area contributed by atoms with Crippen LogP contribution in [-0.4, -0.2) is 44.2 Å². The van der Waals surface area contributed by atoms with Crippen molar-refractivity contribution in [2.75, 3.05) is 33.4 Å². The van der Waals surface area contributed by atoms with Crippen molar-refractivity contribution in [2.24, 2.45) is 0 Å². The number of amides is 1. The molecule has 4 heteroatoms. The van der Waals surface area contributed by atoms with Crippen LogP contribution >= 0.6 is 0 Å². The maximum atomic E-state index is 10.8. The Morgan fingerprint density at radius 3 is 2.75 bits per heavy atom. The fourth-order valence-corrected chi connectivity index (χ4v) is 0.983. The first-order valence-corrected chi connectivity index (χ1v) is 4.04. The van der Waals surface area contributed by atoms with Gasteiger partial charge in [0.2, 0.25) is 5.91 Å². The minimum Gasteiger partial charge on any atom is -0.378 e. The van der Waals surface area contributed by atoms with Gasteiger partial charge in [0.25, 0.3) is 0 Å². The average molecular weight is 170 g/mol. The Morgan fingerprint density at radius 1 is 1.50 bits per heavy atom. The van der Waals surface area contributed by atoms with E-state index in [1.807, 2.05) is 0 Å². The first-order chi connectivity index (χ1) is 5.83. The van der Waals surface area contributed by atoms with Gasteiger partial charge in [0.05, 0.1) is 13.2 Å². The summed E-state index contributed by atoms with van der Waals surface area (Å²) >= 11 is 0. The van der Waals surface area contributed by atoms with Crippen LogP contribution in [0.2, 0.25) is 0 Å². The predicted molar refractivity (Wildman–Crippen MR) is 45.6 cm³/mol. The lowest BCUT2D eigenvalue weighted by Gasteiger charge is -2.24. The van der Waals surface area contributed by atoms with Crippen molar-refractivity contribution in [3.05, 3.63) is 12.3 Å². The number of hydrogen-bond acceptors (Lipinski definition) is 3. The molecule has 4 nitrogen and oxygen atoms in total. The number of hydrogen-bond donors (Lipinski definition) is 1. The molecule has 1 aliphatic heterocycles. The standard InChI is InChI=1S/C8H14N2O2/c1-9-8(11)2-3-10-4-6-12-7-5-10/h2-3H,4-7H2,1H3,(H,9,11). The van der Waals surface area contributed by atoms with Crippen LogP contribution in [0.1, 0.15) is 0 Å². The number of carbonyl (C=O) groups excluding carboxylic acids is 1. The van der Waals surface area contributed by atoms with Crippen LogP contribution < -0.4 is 5.32 Å². The van der Waals surface area contributed by atoms with E-state index in [1.165, 1.54) is 6.08 Å². The molecule has 1 fully saturated rings. The third-order valence-corrected chi connectivity index (χ3v) is 1.73. The highest BCUT2D eigenvalue weighted by molar-refractivity contribution is 5.87. The Bertz CT molecular complexity index is 174. The fraction of sp³-hybridized carbons (Fsp3) is 0.625. The lowest BCUT2D eigenvalue weighted by Crippen LogP contribution is -2.32. The van der Waals surface area contributed by atoms with E-state index in [2.05, 4.69) is 10.2 Å². The quantitative estimate of drug-likeness (QED) is 0.572. The van der Waals surface area contributed by atoms with Crippen LogP contribution in [0, 0.1) is 0 Å². The van der Waals surface area contributed by atoms with E-state index in [4.69, 9.17) is 4.74 Å². The van der Waals surface area contributed by atoms with Crippen LogP contribution in [0.3, 0.4) is 0 Å². The monoisotopic (exact) mass is 170 g/mol. The van der Waals surface area contributed by atoms with E-state index < -0.39 is 0 Å². The molecule has 0 aromatic carbocycles. The Hall–Kier alpha value is -1.03. The molecule has 1 amide bonds. The first-order valence-electron chi connectivity index (χ1n) is 4.04. The Balaban J connectivity index is 2.28. The highest BCUT2D eigenvalue weighted by Gasteiger charge is 2.05. The molecular weight excluding hydrogens is 156 g/mol. The molecule has 0 unspecified atom stereocenters. The molecule has 1 saturated heterocycles. The summed E-state index contributed by atoms with van der Waals surface area (Å²) < 4.78 is 5.16. The van der Waals surface area contributed by atoms with Crippen molar-refractivity contribution in [1.29, 1.82) is 0 Å². The zero-order chi connectivity index (χ0) is 8.81. The van der Waals surface area contributed by atoms with Crippen LogP contribution in [-0.2, 0) is 9.53 Å². The summed E-state index contributed by atoms with van der Waals surface area (Å²) in [6.45, 7) is 3.23. The molecule has 0 atom stereocenters. The van der Waals surface area contributed by atoms with Gasteiger partial charge in [-0.05, 0) is 0 Å². The minimum atomic E-state index is -0.0681. The van der Waals surface area contributed by atoms with Crippen molar-refractivity contribution in [1.82, 2.24) is 10.2 Å². The molecular formula is C8H14N2O2. The van der Waals surface area contributed by atoms with E-state index in [0.29, 0.717) is 0 Å². The maximum Gasteiger partial charge on any atom is 0.245 e. The molecule has 0 bridgehead atoms. The molecule has 1 N–H and O–H groups in total. The van der Waals surface area contributed by atoms with Crippen molar-refractivity contribution >= 4 is 5.91 Å². The van der Waals surface area contributed by atoms with Crippen LogP contribution in [0.5, 0.6) is 0 Å². The lowest BCUT2D eigenvalue weighted by molar-refractivity contribution is -0.116. The average Bonchev–Trinajstić information content (AvgIpc) is 2.16. The number of rotatable bonds is 2. The maximum absolute atomic E-state index is 10.8. The molecule has 0 radical (unpaired) electrons. The second-order valence-electron chi connectivity index (χ2n) is 2.58. The lowest BCUT2D eigenvalue weighted by atomic mass is 10.4. The molecule has 1 rings (SSSR count). The Labute approximate surface area is 72.2 Å². The number of nitrogens with one attached hydrogen (secondary N) is 1. The van der Waals surface area contributed by atoms with Gasteiger partial charge < -0.3 is 15.0 Å². The van der Waals surface area contributed by atoms with Gasteiger partial charge in [-0.25, -0.2) is 0 Å². The molecule has 0 spiro atoms. The molecule has 1 heterocycles. The zero-order valence-corrected chi connectivity index (χ0v) is 7.25. The molecule has 0 aliphatic carbocycles. The number of nitrogens with zero attached hydrogens (tertiary/aromatic N) is 1. The number of morpholine rings is 1. The summed E-state index contributed by atoms with van der Waals surface area (Å²) in [5.41, 5.74) is 0. The third-order valence-electron chi connectivity index (χ3n) is 1.73. The van der Waals surface area contributed by atoms with Crippen molar-refractivity contribution in [3.63, 3.8) is 0 Å². The zero-order valence-electron chi connectivity index (χ0n) is 7.25. The van der Waals surface area contributed by atoms with E-state index in [0.717, 1.165) is 26.3 Å². The number of likely N-dealkylation sites (N-methyl/N-ethyl adjacent to an activating group) is 1. The van der Waals surface area contributed by atoms with Gasteiger partial charge in [0.15, 0.2) is 0 Å². The van der Waals surface area contributed by atoms with Gasteiger partial charge in [0, 0.05) is 32.4 Å². The second kappa shape index (κ2) is 4.77. The summed E-state index contributed by atoms with van der Waals surface area (Å²) in [5.74, 6) is -0.0681. The van der Waals surface area contributed by atoms with Gasteiger partial charge in [0.1, 0.15) is 0 Å². The number of carbonyl (C=O) groups is 1. The van der Waals surface area contributed by atoms with Crippen LogP contribution in [0.25, 0.3) is 0 Å². The normalized spacial score (nSPS) is 18.2. The van der Waals surface area contributed by atoms with E-state index in [9.17, 15) is 4.79 Å². The SMILES string of the molecule is CNC(=O)C=CN1CCOCC1. The largest absolute Gasteiger partial charge is 0.378 e. The topological polar surface area (TPSA) is 41.6 Å². The summed E-state index contributed by atoms with van der Waals surface area (Å²) in [7, 11) is 1.62. The smallest absolute Gasteiger partial charge is 0.245 e. The van der Waals surface area contributed by atoms with Gasteiger partial charge in [-0.15, -0.1) is 0 Å². The van der Waals surface area contributed by atoms with Crippen LogP contribution in [0.4, 0.5) is 0 Å². The first kappa shape index (κ1) is 9.06. The molecule has 12 heavy (non-hydrogen) atoms. The van der Waals surface area contributed by atoms with Crippen molar-refractivity contribution in [2.45, 2.75) is 0 Å². The minimum absolute atomic E-state index is 0.0681. The summed E-state index contributed by atoms with van der Waals surface area (Å²) in [5, 5.41) is 2.52. The van der Waals surface area contributed by atoms with Crippen molar-refractivity contribution in [3.8, 4) is 0 Å². The molecule has 0 aromatic rings. The summed E-state index contributed by atoms with van der Waals surface area (Å²) in [6.07, 6.45) is 3.34. The van der Waals surface area contributed by atoms with E-state index >= 15 is 0 Å². The van der Waals surface area contributed by atoms with Crippen molar-refractivity contribution < 1.29 is 9.53 Å². The van der Waals surface area contributed by atoms with Gasteiger partial charge >= 0.3 is 0 Å². The van der Waals surface area contributed by atoms with E-state index in [-0.39, 0.29) is 5.91 Å². The van der Waals surface area contributed by atoms with Crippen LogP contribution in [0.15, 0.2) is 12.3 Å². The predicted octanol–water partition coefficient (Wildman–Crippen LogP) is -0.422. The van der Waals surface area contributed by atoms with Gasteiger partial charge in [-0.2, -0.15) is 0 Å². The highest BCUT2D eigenvalue weighted by atomic mass is 16.5. The van der Waals surface area contributed by atoms with Gasteiger partial charge in [-0.3, -0.25) is 4.79 Å². The Kier molecular flexibility index (Phi) is 3.60. The summed E-state index contributed by atoms with van der Waals surface area (Å²) in [6, 6.07) is 0. The molecule has 0 saturated carbocycles. The Morgan fingerprint density at radius 2 is 2.17 bits per heavy atom. The molecule has 0 aromatic heterocycles.